The molecule has 0 aromatic heterocycles. The summed E-state index contributed by atoms with van der Waals surface area (Å²) in [6, 6.07) is 7.07. The van der Waals surface area contributed by atoms with Crippen molar-refractivity contribution >= 4 is 44.4 Å². The fourth-order valence-corrected chi connectivity index (χ4v) is 3.22. The van der Waals surface area contributed by atoms with E-state index in [1.807, 2.05) is 29.2 Å². The SMILES string of the molecule is NC(C(=O)N1CCCC1I)c1ccc(Br)cc1. The molecule has 1 amide bonds. The van der Waals surface area contributed by atoms with Crippen LogP contribution in [-0.4, -0.2) is 21.4 Å². The zero-order valence-electron chi connectivity index (χ0n) is 9.27. The van der Waals surface area contributed by atoms with Crippen LogP contribution in [0.1, 0.15) is 24.4 Å². The lowest BCUT2D eigenvalue weighted by Crippen LogP contribution is -2.39. The average Bonchev–Trinajstić information content (AvgIpc) is 2.74. The molecule has 0 bridgehead atoms. The van der Waals surface area contributed by atoms with Gasteiger partial charge in [0.15, 0.2) is 0 Å². The third-order valence-electron chi connectivity index (χ3n) is 2.96. The molecule has 0 saturated carbocycles. The van der Waals surface area contributed by atoms with Gasteiger partial charge in [-0.2, -0.15) is 0 Å². The van der Waals surface area contributed by atoms with Gasteiger partial charge in [0.2, 0.25) is 5.91 Å². The molecule has 1 saturated heterocycles. The monoisotopic (exact) mass is 408 g/mol. The van der Waals surface area contributed by atoms with E-state index in [4.69, 9.17) is 5.73 Å². The molecule has 1 aromatic rings. The first-order valence-electron chi connectivity index (χ1n) is 5.55. The number of hydrogen-bond donors (Lipinski definition) is 1. The fourth-order valence-electron chi connectivity index (χ4n) is 1.97. The van der Waals surface area contributed by atoms with Crippen molar-refractivity contribution in [1.29, 1.82) is 0 Å². The summed E-state index contributed by atoms with van der Waals surface area (Å²) < 4.78 is 1.29. The summed E-state index contributed by atoms with van der Waals surface area (Å²) in [6.45, 7) is 0.830. The number of nitrogens with two attached hydrogens (primary N) is 1. The van der Waals surface area contributed by atoms with Crippen LogP contribution in [0, 0.1) is 0 Å². The molecule has 2 atom stereocenters. The van der Waals surface area contributed by atoms with Gasteiger partial charge in [-0.25, -0.2) is 0 Å². The molecule has 1 aliphatic rings. The zero-order chi connectivity index (χ0) is 12.4. The minimum atomic E-state index is -0.543. The summed E-state index contributed by atoms with van der Waals surface area (Å²) in [4.78, 5) is 14.1. The van der Waals surface area contributed by atoms with Gasteiger partial charge in [0.1, 0.15) is 6.04 Å². The van der Waals surface area contributed by atoms with E-state index in [9.17, 15) is 4.79 Å². The summed E-state index contributed by atoms with van der Waals surface area (Å²) in [5.41, 5.74) is 6.89. The predicted octanol–water partition coefficient (Wildman–Crippen LogP) is 2.83. The number of hydrogen-bond acceptors (Lipinski definition) is 2. The minimum absolute atomic E-state index is 0.0317. The van der Waals surface area contributed by atoms with E-state index >= 15 is 0 Å². The second-order valence-corrected chi connectivity index (χ2v) is 6.49. The molecule has 1 aromatic carbocycles. The molecule has 92 valence electrons. The predicted molar refractivity (Wildman–Crippen MR) is 79.8 cm³/mol. The Balaban J connectivity index is 2.11. The molecule has 5 heteroatoms. The number of benzene rings is 1. The summed E-state index contributed by atoms with van der Waals surface area (Å²) >= 11 is 5.68. The highest BCUT2D eigenvalue weighted by Crippen LogP contribution is 2.26. The first-order valence-corrected chi connectivity index (χ1v) is 7.59. The van der Waals surface area contributed by atoms with Crippen LogP contribution in [0.15, 0.2) is 28.7 Å². The number of carbonyl (C=O) groups is 1. The Morgan fingerprint density at radius 3 is 2.65 bits per heavy atom. The molecule has 3 nitrogen and oxygen atoms in total. The number of carbonyl (C=O) groups excluding carboxylic acids is 1. The van der Waals surface area contributed by atoms with E-state index in [1.165, 1.54) is 0 Å². The van der Waals surface area contributed by atoms with Gasteiger partial charge in [-0.15, -0.1) is 0 Å². The summed E-state index contributed by atoms with van der Waals surface area (Å²) in [5, 5.41) is 0. The quantitative estimate of drug-likeness (QED) is 0.464. The molecular formula is C12H14BrIN2O. The third-order valence-corrected chi connectivity index (χ3v) is 4.78. The number of rotatable bonds is 2. The number of likely N-dealkylation sites (tertiary alicyclic amines) is 1. The van der Waals surface area contributed by atoms with Crippen molar-refractivity contribution in [1.82, 2.24) is 4.90 Å². The smallest absolute Gasteiger partial charge is 0.244 e. The zero-order valence-corrected chi connectivity index (χ0v) is 13.0. The Bertz CT molecular complexity index is 409. The second kappa shape index (κ2) is 5.67. The summed E-state index contributed by atoms with van der Waals surface area (Å²) in [5.74, 6) is 0.0317. The van der Waals surface area contributed by atoms with Gasteiger partial charge >= 0.3 is 0 Å². The fraction of sp³-hybridized carbons (Fsp3) is 0.417. The van der Waals surface area contributed by atoms with E-state index in [0.717, 1.165) is 29.4 Å². The number of halogens is 2. The lowest BCUT2D eigenvalue weighted by Gasteiger charge is -2.24. The van der Waals surface area contributed by atoms with Crippen molar-refractivity contribution in [3.63, 3.8) is 0 Å². The molecule has 2 unspecified atom stereocenters. The maximum atomic E-state index is 12.2. The maximum Gasteiger partial charge on any atom is 0.244 e. The van der Waals surface area contributed by atoms with E-state index in [2.05, 4.69) is 38.5 Å². The van der Waals surface area contributed by atoms with Crippen LogP contribution in [0.5, 0.6) is 0 Å². The Labute approximate surface area is 123 Å². The van der Waals surface area contributed by atoms with E-state index in [0.29, 0.717) is 4.05 Å². The molecule has 1 aliphatic heterocycles. The highest BCUT2D eigenvalue weighted by molar-refractivity contribution is 14.1. The second-order valence-electron chi connectivity index (χ2n) is 4.14. The first kappa shape index (κ1) is 13.3. The Kier molecular flexibility index (Phi) is 4.43. The van der Waals surface area contributed by atoms with Crippen molar-refractivity contribution in [3.8, 4) is 0 Å². The molecule has 17 heavy (non-hydrogen) atoms. The lowest BCUT2D eigenvalue weighted by atomic mass is 10.1. The van der Waals surface area contributed by atoms with Gasteiger partial charge in [-0.1, -0.05) is 50.7 Å². The van der Waals surface area contributed by atoms with Crippen LogP contribution in [0.25, 0.3) is 0 Å². The van der Waals surface area contributed by atoms with Crippen LogP contribution in [0.4, 0.5) is 0 Å². The van der Waals surface area contributed by atoms with Crippen LogP contribution in [0.3, 0.4) is 0 Å². The van der Waals surface area contributed by atoms with Crippen molar-refractivity contribution in [3.05, 3.63) is 34.3 Å². The van der Waals surface area contributed by atoms with Crippen LogP contribution in [0.2, 0.25) is 0 Å². The molecule has 2 N–H and O–H groups in total. The maximum absolute atomic E-state index is 12.2. The highest BCUT2D eigenvalue weighted by Gasteiger charge is 2.30. The molecule has 0 aliphatic carbocycles. The van der Waals surface area contributed by atoms with Gasteiger partial charge < -0.3 is 10.6 Å². The van der Waals surface area contributed by atoms with Gasteiger partial charge in [-0.3, -0.25) is 4.79 Å². The van der Waals surface area contributed by atoms with E-state index in [-0.39, 0.29) is 5.91 Å². The van der Waals surface area contributed by atoms with Crippen LogP contribution < -0.4 is 5.73 Å². The standard InChI is InChI=1S/C12H14BrIN2O/c13-9-5-3-8(4-6-9)11(15)12(17)16-7-1-2-10(16)14/h3-6,10-11H,1-2,7,15H2. The molecule has 1 heterocycles. The Morgan fingerprint density at radius 1 is 1.47 bits per heavy atom. The van der Waals surface area contributed by atoms with Crippen molar-refractivity contribution in [2.24, 2.45) is 5.73 Å². The molecule has 0 radical (unpaired) electrons. The van der Waals surface area contributed by atoms with Crippen molar-refractivity contribution < 1.29 is 4.79 Å². The van der Waals surface area contributed by atoms with Gasteiger partial charge in [0, 0.05) is 11.0 Å². The Morgan fingerprint density at radius 2 is 2.12 bits per heavy atom. The summed E-state index contributed by atoms with van der Waals surface area (Å²) in [6.07, 6.45) is 2.14. The lowest BCUT2D eigenvalue weighted by molar-refractivity contribution is -0.131. The van der Waals surface area contributed by atoms with Crippen LogP contribution in [-0.2, 0) is 4.79 Å². The molecule has 2 rings (SSSR count). The van der Waals surface area contributed by atoms with Gasteiger partial charge in [0.05, 0.1) is 4.05 Å². The molecule has 0 spiro atoms. The van der Waals surface area contributed by atoms with E-state index < -0.39 is 6.04 Å². The van der Waals surface area contributed by atoms with Crippen LogP contribution >= 0.6 is 38.5 Å². The number of alkyl halides is 1. The normalized spacial score (nSPS) is 21.6. The Hall–Kier alpha value is -0.140. The summed E-state index contributed by atoms with van der Waals surface area (Å²) in [7, 11) is 0. The topological polar surface area (TPSA) is 46.3 Å². The van der Waals surface area contributed by atoms with Gasteiger partial charge in [0.25, 0.3) is 0 Å². The number of amides is 1. The average molecular weight is 409 g/mol. The largest absolute Gasteiger partial charge is 0.329 e. The van der Waals surface area contributed by atoms with Gasteiger partial charge in [-0.05, 0) is 30.5 Å². The van der Waals surface area contributed by atoms with E-state index in [1.54, 1.807) is 0 Å². The van der Waals surface area contributed by atoms with Crippen molar-refractivity contribution in [2.75, 3.05) is 6.54 Å². The molecular weight excluding hydrogens is 395 g/mol. The third kappa shape index (κ3) is 3.00. The first-order chi connectivity index (χ1) is 8.09. The molecule has 1 fully saturated rings. The number of nitrogens with zero attached hydrogens (tertiary/aromatic N) is 1. The minimum Gasteiger partial charge on any atom is -0.329 e. The highest BCUT2D eigenvalue weighted by atomic mass is 127. The van der Waals surface area contributed by atoms with Crippen molar-refractivity contribution in [2.45, 2.75) is 22.9 Å².